The maximum Gasteiger partial charge on any atom is 0.310 e. The van der Waals surface area contributed by atoms with Crippen molar-refractivity contribution in [1.82, 2.24) is 63.1 Å². The molecule has 702 valence electrons. The van der Waals surface area contributed by atoms with Crippen LogP contribution in [-0.4, -0.2) is 247 Å². The number of para-hydroxylation sites is 1. The molecule has 2 saturated heterocycles. The molecule has 1 aromatic heterocycles. The molecule has 4 heterocycles. The number of guanidine groups is 2. The van der Waals surface area contributed by atoms with Gasteiger partial charge in [-0.25, -0.2) is 0 Å². The number of ether oxygens (including phenoxy) is 4. The highest BCUT2D eigenvalue weighted by molar-refractivity contribution is 8.00. The zero-order chi connectivity index (χ0) is 93.4. The van der Waals surface area contributed by atoms with Crippen molar-refractivity contribution in [3.8, 4) is 28.7 Å². The monoisotopic (exact) mass is 1830 g/mol. The fourth-order valence-electron chi connectivity index (χ4n) is 15.7. The summed E-state index contributed by atoms with van der Waals surface area (Å²) in [7, 11) is 1.35. The number of esters is 1. The van der Waals surface area contributed by atoms with Crippen LogP contribution in [0.5, 0.6) is 28.7 Å². The van der Waals surface area contributed by atoms with Crippen molar-refractivity contribution in [3.63, 3.8) is 0 Å². The van der Waals surface area contributed by atoms with E-state index in [4.69, 9.17) is 69.9 Å². The molecule has 42 nitrogen and oxygen atoms in total. The minimum atomic E-state index is -1.43. The third-order valence-electron chi connectivity index (χ3n) is 22.6. The summed E-state index contributed by atoms with van der Waals surface area (Å²) in [4.78, 5) is 186. The number of H-pyrrole nitrogens is 1. The first-order chi connectivity index (χ1) is 61.9. The normalized spacial score (nSPS) is 17.8. The molecule has 0 bridgehead atoms. The van der Waals surface area contributed by atoms with Crippen molar-refractivity contribution in [2.24, 2.45) is 52.0 Å². The van der Waals surface area contributed by atoms with Crippen molar-refractivity contribution in [3.05, 3.63) is 101 Å². The molecule has 4 aromatic carbocycles. The Kier molecular flexibility index (Phi) is 38.8. The number of aromatic hydroxyl groups is 2. The van der Waals surface area contributed by atoms with Gasteiger partial charge in [-0.15, -0.1) is 11.8 Å². The molecule has 31 N–H and O–H groups in total. The summed E-state index contributed by atoms with van der Waals surface area (Å²) in [5, 5.41) is 69.8. The lowest BCUT2D eigenvalue weighted by Gasteiger charge is -2.40. The summed E-state index contributed by atoms with van der Waals surface area (Å²) in [6, 6.07) is 9.67. The van der Waals surface area contributed by atoms with Gasteiger partial charge in [0.2, 0.25) is 83.4 Å². The number of hydrogen-bond acceptors (Lipinski definition) is 28. The molecular formula is C85H121N23O19S2. The van der Waals surface area contributed by atoms with Crippen molar-refractivity contribution < 1.29 is 91.5 Å². The maximum absolute atomic E-state index is 14.9. The van der Waals surface area contributed by atoms with Gasteiger partial charge in [0.15, 0.2) is 34.9 Å². The summed E-state index contributed by atoms with van der Waals surface area (Å²) in [5.41, 5.74) is 44.8. The number of aromatic nitrogens is 1. The molecular weight excluding hydrogens is 1710 g/mol. The van der Waals surface area contributed by atoms with Crippen molar-refractivity contribution in [2.75, 3.05) is 94.7 Å². The summed E-state index contributed by atoms with van der Waals surface area (Å²) < 4.78 is 22.6. The third kappa shape index (κ3) is 28.8. The van der Waals surface area contributed by atoms with Crippen LogP contribution in [-0.2, 0) is 73.5 Å². The Labute approximate surface area is 753 Å². The number of hydrogen-bond donors (Lipinski definition) is 24. The molecule has 3 aliphatic heterocycles. The lowest BCUT2D eigenvalue weighted by Crippen LogP contribution is -2.60. The number of cyclic esters (lactones) is 1. The number of nitrogens with two attached hydrogens (primary N) is 7. The van der Waals surface area contributed by atoms with E-state index in [0.717, 1.165) is 33.1 Å². The van der Waals surface area contributed by atoms with E-state index in [-0.39, 0.29) is 147 Å². The number of imide groups is 1. The summed E-state index contributed by atoms with van der Waals surface area (Å²) >= 11 is 2.31. The molecule has 4 aliphatic rings. The van der Waals surface area contributed by atoms with E-state index in [1.807, 2.05) is 24.3 Å². The Bertz CT molecular complexity index is 4800. The van der Waals surface area contributed by atoms with E-state index in [1.165, 1.54) is 24.9 Å². The molecule has 13 atom stereocenters. The summed E-state index contributed by atoms with van der Waals surface area (Å²) in [6.07, 6.45) is 5.45. The molecule has 0 spiro atoms. The molecule has 12 amide bonds. The van der Waals surface area contributed by atoms with Gasteiger partial charge in [0.25, 0.3) is 0 Å². The van der Waals surface area contributed by atoms with Crippen LogP contribution < -0.4 is 118 Å². The Morgan fingerprint density at radius 2 is 1.12 bits per heavy atom. The fourth-order valence-corrected chi connectivity index (χ4v) is 17.3. The van der Waals surface area contributed by atoms with Gasteiger partial charge in [0, 0.05) is 97.9 Å². The lowest BCUT2D eigenvalue weighted by molar-refractivity contribution is -0.142. The Hall–Kier alpha value is -12.4. The second-order valence-corrected chi connectivity index (χ2v) is 34.1. The summed E-state index contributed by atoms with van der Waals surface area (Å²) in [6.45, 7) is 0.479. The predicted octanol–water partition coefficient (Wildman–Crippen LogP) is -0.785. The molecule has 2 fully saturated rings. The lowest BCUT2D eigenvalue weighted by atomic mass is 9.65. The third-order valence-corrected chi connectivity index (χ3v) is 24.5. The number of amides is 12. The van der Waals surface area contributed by atoms with E-state index in [0.29, 0.717) is 90.4 Å². The van der Waals surface area contributed by atoms with Gasteiger partial charge in [-0.3, -0.25) is 78.0 Å². The van der Waals surface area contributed by atoms with E-state index < -0.39 is 172 Å². The predicted molar refractivity (Wildman–Crippen MR) is 483 cm³/mol. The fraction of sp³-hybridized carbons (Fsp3) is 0.518. The SMILES string of the molecule is COc1cc([C@@H]2c3cc4c(cc3[C@@H](Nc3ccc(NC(=O)CCN5C(=O)CC(SC[C@H](N)C(=O)NCCC(=O)N[C@@H](CCCNC(=N)N)C(=O)N[C@@H](CCCNC(=N)N)C(=O)N[C@@H](CCSC)C(=O)N[C@@H](CCCCN)C(=O)N[C@@H](Cc6c[nH]c7ccccc67)C(=O)N[C@@H](CCCCN)C(=O)N[C@@H](CCCCN)C(N)=O)C5=O)cc3)[C@H]3COC(=O)[C@H]23)OCO4)cc(O)c1O. The topological polar surface area (TPSA) is 693 Å². The van der Waals surface area contributed by atoms with E-state index >= 15 is 0 Å². The van der Waals surface area contributed by atoms with Gasteiger partial charge in [-0.1, -0.05) is 18.2 Å². The number of phenols is 2. The number of likely N-dealkylation sites (tertiary alicyclic amines) is 1. The van der Waals surface area contributed by atoms with Crippen LogP contribution in [0.2, 0.25) is 0 Å². The van der Waals surface area contributed by atoms with Gasteiger partial charge in [0.05, 0.1) is 37.0 Å². The first-order valence-corrected chi connectivity index (χ1v) is 45.4. The van der Waals surface area contributed by atoms with Crippen LogP contribution in [0.25, 0.3) is 10.9 Å². The molecule has 5 aromatic rings. The van der Waals surface area contributed by atoms with Crippen LogP contribution in [0.1, 0.15) is 143 Å². The largest absolute Gasteiger partial charge is 0.504 e. The van der Waals surface area contributed by atoms with Crippen molar-refractivity contribution in [2.45, 2.75) is 181 Å². The first kappa shape index (κ1) is 100. The first-order valence-electron chi connectivity index (χ1n) is 43.0. The summed E-state index contributed by atoms with van der Waals surface area (Å²) in [5.74, 6) is -11.5. The number of methoxy groups -OCH3 is 1. The van der Waals surface area contributed by atoms with Gasteiger partial charge in [-0.2, -0.15) is 11.8 Å². The van der Waals surface area contributed by atoms with Crippen LogP contribution in [0.4, 0.5) is 11.4 Å². The zero-order valence-electron chi connectivity index (χ0n) is 72.2. The molecule has 0 saturated carbocycles. The number of fused-ring (bicyclic) bond motifs is 4. The highest BCUT2D eigenvalue weighted by Crippen LogP contribution is 2.56. The second kappa shape index (κ2) is 49.8. The average molecular weight is 1830 g/mol. The number of phenolic OH excluding ortho intramolecular Hbond substituents is 2. The number of rotatable bonds is 54. The highest BCUT2D eigenvalue weighted by Gasteiger charge is 2.53. The van der Waals surface area contributed by atoms with Crippen LogP contribution in [0.3, 0.4) is 0 Å². The maximum atomic E-state index is 14.9. The minimum absolute atomic E-state index is 0.00164. The number of carbonyl (C=O) groups excluding carboxylic acids is 13. The van der Waals surface area contributed by atoms with Gasteiger partial charge in [0.1, 0.15) is 42.3 Å². The van der Waals surface area contributed by atoms with Crippen LogP contribution in [0, 0.1) is 22.7 Å². The number of thioether (sulfide) groups is 2. The zero-order valence-corrected chi connectivity index (χ0v) is 73.8. The molecule has 129 heavy (non-hydrogen) atoms. The number of unbranched alkanes of at least 4 members (excludes halogenated alkanes) is 3. The molecule has 1 unspecified atom stereocenters. The van der Waals surface area contributed by atoms with Crippen LogP contribution >= 0.6 is 23.5 Å². The average Bonchev–Trinajstić information content (AvgIpc) is 1.63. The Balaban J connectivity index is 0.783. The Morgan fingerprint density at radius 1 is 0.597 bits per heavy atom. The minimum Gasteiger partial charge on any atom is -0.504 e. The highest BCUT2D eigenvalue weighted by atomic mass is 32.2. The molecule has 1 aliphatic carbocycles. The second-order valence-electron chi connectivity index (χ2n) is 31.8. The number of nitrogens with zero attached hydrogens (tertiary/aromatic N) is 1. The quantitative estimate of drug-likeness (QED) is 0.00567. The number of aromatic amines is 1. The molecule has 9 rings (SSSR count). The van der Waals surface area contributed by atoms with Crippen LogP contribution in [0.15, 0.2) is 79.0 Å². The Morgan fingerprint density at radius 3 is 1.69 bits per heavy atom. The van der Waals surface area contributed by atoms with Gasteiger partial charge in [-0.05, 0) is 198 Å². The molecule has 44 heteroatoms. The number of anilines is 2. The smallest absolute Gasteiger partial charge is 0.310 e. The standard InChI is InChI=1S/C85H121N23O19S2/c1-124-65-37-45(36-62(109)73(65)113)70-50-38-63-64(127-44-126-63)39-51(50)72(52-42-125-83(123)71(52)70)100-48-22-20-47(21-23-48)99-68(111)25-33-108-69(112)40-66(82(108)122)129-43-53(89)75(115)95-32-24-67(110)101-56(18-11-30-96-84(91)92)76(116)104-59(19-12-31-97-85(93)94)78(118)106-60(26-34-128-2)80(120)103-58(17-7-10-29-88)79(119)107-61(35-46-41-98-54-14-4-3-13-49(46)54)81(121)105-57(16-6-9-28-87)77(117)102-55(74(90)114)15-5-8-27-86/h3-4,13-14,20-23,36-39,41,52-53,55-61,66,70-72,98,100,109,113H,5-12,15-19,24-35,40,42-44,86-89H2,1-2H3,(H2,90,114)(H,95,115)(H,99,111)(H,101,110)(H,102,117)(H,103,120)(H,104,116)(H,105,121)(H,106,118)(H,107,119)(H4,91,92,96)(H4,93,94,97)/t52-,53-,55-,56-,57-,58-,59-,60-,61-,66?,70+,71-,72+/m0/s1. The van der Waals surface area contributed by atoms with Gasteiger partial charge >= 0.3 is 5.97 Å². The van der Waals surface area contributed by atoms with E-state index in [9.17, 15) is 72.5 Å². The van der Waals surface area contributed by atoms with E-state index in [2.05, 4.69) is 68.8 Å². The number of primary amides is 1. The van der Waals surface area contributed by atoms with Gasteiger partial charge < -0.3 is 138 Å². The van der Waals surface area contributed by atoms with E-state index in [1.54, 1.807) is 54.9 Å². The number of benzene rings is 4. The van der Waals surface area contributed by atoms with Crippen molar-refractivity contribution in [1.29, 1.82) is 10.8 Å². The number of carbonyl (C=O) groups is 13. The van der Waals surface area contributed by atoms with Crippen molar-refractivity contribution >= 4 is 135 Å². The molecule has 0 radical (unpaired) electrons. The number of nitrogens with one attached hydrogen (secondary N) is 15.